The van der Waals surface area contributed by atoms with Crippen molar-refractivity contribution >= 4 is 11.6 Å². The Labute approximate surface area is 81.5 Å². The number of hydrazine groups is 1. The molecule has 72 valence electrons. The third-order valence-corrected chi connectivity index (χ3v) is 1.63. The first kappa shape index (κ1) is 10.0. The predicted octanol–water partition coefficient (Wildman–Crippen LogP) is -0.0399. The summed E-state index contributed by atoms with van der Waals surface area (Å²) in [5.41, 5.74) is 3.36. The van der Waals surface area contributed by atoms with Crippen LogP contribution in [0.2, 0.25) is 0 Å². The van der Waals surface area contributed by atoms with Gasteiger partial charge >= 0.3 is 0 Å². The number of nitriles is 1. The van der Waals surface area contributed by atoms with Gasteiger partial charge in [0, 0.05) is 5.69 Å². The lowest BCUT2D eigenvalue weighted by Crippen LogP contribution is -2.35. The van der Waals surface area contributed by atoms with E-state index in [4.69, 9.17) is 11.1 Å². The Hall–Kier alpha value is -2.06. The van der Waals surface area contributed by atoms with E-state index in [-0.39, 0.29) is 12.5 Å². The molecule has 0 saturated carbocycles. The number of nitrogens with one attached hydrogen (secondary N) is 2. The van der Waals surface area contributed by atoms with Crippen molar-refractivity contribution in [3.8, 4) is 6.07 Å². The summed E-state index contributed by atoms with van der Waals surface area (Å²) in [5.74, 6) is 4.60. The molecule has 0 aromatic heterocycles. The third kappa shape index (κ3) is 2.77. The van der Waals surface area contributed by atoms with E-state index >= 15 is 0 Å². The van der Waals surface area contributed by atoms with Gasteiger partial charge in [-0.15, -0.1) is 0 Å². The Morgan fingerprint density at radius 2 is 2.07 bits per heavy atom. The van der Waals surface area contributed by atoms with Gasteiger partial charge in [0.25, 0.3) is 5.91 Å². The van der Waals surface area contributed by atoms with Gasteiger partial charge in [0.15, 0.2) is 0 Å². The zero-order valence-corrected chi connectivity index (χ0v) is 7.45. The maximum atomic E-state index is 10.8. The highest BCUT2D eigenvalue weighted by atomic mass is 16.2. The van der Waals surface area contributed by atoms with Gasteiger partial charge in [0.05, 0.1) is 18.2 Å². The van der Waals surface area contributed by atoms with Crippen molar-refractivity contribution in [1.29, 1.82) is 5.26 Å². The molecule has 1 aromatic carbocycles. The van der Waals surface area contributed by atoms with Crippen LogP contribution in [-0.4, -0.2) is 12.5 Å². The number of benzene rings is 1. The summed E-state index contributed by atoms with van der Waals surface area (Å²) in [4.78, 5) is 10.8. The number of carbonyl (C=O) groups is 1. The first-order valence-corrected chi connectivity index (χ1v) is 3.99. The number of nitrogens with two attached hydrogens (primary N) is 1. The summed E-state index contributed by atoms with van der Waals surface area (Å²) in [6.07, 6.45) is 0. The molecule has 0 aliphatic carbocycles. The fourth-order valence-corrected chi connectivity index (χ4v) is 0.896. The molecule has 1 amide bonds. The average molecular weight is 190 g/mol. The lowest BCUT2D eigenvalue weighted by Gasteiger charge is -2.04. The normalized spacial score (nSPS) is 8.86. The van der Waals surface area contributed by atoms with E-state index in [0.717, 1.165) is 5.69 Å². The highest BCUT2D eigenvalue weighted by Crippen LogP contribution is 2.07. The van der Waals surface area contributed by atoms with Crippen LogP contribution in [0, 0.1) is 11.3 Å². The summed E-state index contributed by atoms with van der Waals surface area (Å²) >= 11 is 0. The lowest BCUT2D eigenvalue weighted by atomic mass is 10.2. The van der Waals surface area contributed by atoms with Gasteiger partial charge in [-0.05, 0) is 24.3 Å². The lowest BCUT2D eigenvalue weighted by molar-refractivity contribution is -0.119. The second-order valence-corrected chi connectivity index (χ2v) is 2.61. The Morgan fingerprint density at radius 1 is 1.43 bits per heavy atom. The highest BCUT2D eigenvalue weighted by Gasteiger charge is 1.97. The Morgan fingerprint density at radius 3 is 2.57 bits per heavy atom. The van der Waals surface area contributed by atoms with E-state index in [1.165, 1.54) is 0 Å². The van der Waals surface area contributed by atoms with Crippen LogP contribution in [0.4, 0.5) is 5.69 Å². The molecule has 0 radical (unpaired) electrons. The van der Waals surface area contributed by atoms with Crippen molar-refractivity contribution < 1.29 is 4.79 Å². The van der Waals surface area contributed by atoms with Crippen LogP contribution in [0.15, 0.2) is 24.3 Å². The molecular weight excluding hydrogens is 180 g/mol. The monoisotopic (exact) mass is 190 g/mol. The maximum Gasteiger partial charge on any atom is 0.253 e. The first-order valence-electron chi connectivity index (χ1n) is 3.99. The maximum absolute atomic E-state index is 10.8. The second-order valence-electron chi connectivity index (χ2n) is 2.61. The second kappa shape index (κ2) is 4.84. The van der Waals surface area contributed by atoms with E-state index in [0.29, 0.717) is 5.56 Å². The molecule has 0 spiro atoms. The number of hydrogen-bond acceptors (Lipinski definition) is 4. The van der Waals surface area contributed by atoms with Crippen molar-refractivity contribution in [3.63, 3.8) is 0 Å². The molecule has 1 rings (SSSR count). The Bertz CT molecular complexity index is 352. The number of rotatable bonds is 3. The Kier molecular flexibility index (Phi) is 3.47. The molecule has 0 bridgehead atoms. The van der Waals surface area contributed by atoms with Crippen LogP contribution in [-0.2, 0) is 4.79 Å². The smallest absolute Gasteiger partial charge is 0.253 e. The topological polar surface area (TPSA) is 90.9 Å². The van der Waals surface area contributed by atoms with Crippen molar-refractivity contribution in [2.45, 2.75) is 0 Å². The van der Waals surface area contributed by atoms with Gasteiger partial charge in [0.1, 0.15) is 0 Å². The quantitative estimate of drug-likeness (QED) is 0.354. The molecule has 0 unspecified atom stereocenters. The zero-order valence-electron chi connectivity index (χ0n) is 7.45. The van der Waals surface area contributed by atoms with Crippen LogP contribution < -0.4 is 16.6 Å². The molecule has 4 N–H and O–H groups in total. The number of carbonyl (C=O) groups excluding carboxylic acids is 1. The van der Waals surface area contributed by atoms with Crippen molar-refractivity contribution in [1.82, 2.24) is 5.43 Å². The summed E-state index contributed by atoms with van der Waals surface area (Å²) in [6, 6.07) is 8.79. The summed E-state index contributed by atoms with van der Waals surface area (Å²) in [7, 11) is 0. The van der Waals surface area contributed by atoms with E-state index in [9.17, 15) is 4.79 Å². The van der Waals surface area contributed by atoms with Gasteiger partial charge in [-0.1, -0.05) is 0 Å². The Balaban J connectivity index is 2.53. The minimum absolute atomic E-state index is 0.113. The highest BCUT2D eigenvalue weighted by molar-refractivity contribution is 5.80. The molecule has 0 fully saturated rings. The third-order valence-electron chi connectivity index (χ3n) is 1.63. The molecule has 14 heavy (non-hydrogen) atoms. The first-order chi connectivity index (χ1) is 6.76. The summed E-state index contributed by atoms with van der Waals surface area (Å²) in [6.45, 7) is 0.113. The van der Waals surface area contributed by atoms with Crippen LogP contribution >= 0.6 is 0 Å². The molecule has 0 atom stereocenters. The molecule has 0 saturated heterocycles. The van der Waals surface area contributed by atoms with Gasteiger partial charge in [-0.25, -0.2) is 5.84 Å². The van der Waals surface area contributed by atoms with Gasteiger partial charge in [0.2, 0.25) is 0 Å². The minimum atomic E-state index is -0.297. The van der Waals surface area contributed by atoms with E-state index in [2.05, 4.69) is 5.32 Å². The van der Waals surface area contributed by atoms with Crippen LogP contribution in [0.5, 0.6) is 0 Å². The van der Waals surface area contributed by atoms with Crippen LogP contribution in [0.25, 0.3) is 0 Å². The zero-order chi connectivity index (χ0) is 10.4. The molecule has 0 aliphatic rings. The van der Waals surface area contributed by atoms with Gasteiger partial charge in [-0.3, -0.25) is 10.2 Å². The largest absolute Gasteiger partial charge is 0.376 e. The molecule has 0 heterocycles. The molecule has 5 nitrogen and oxygen atoms in total. The molecule has 5 heteroatoms. The van der Waals surface area contributed by atoms with Crippen LogP contribution in [0.1, 0.15) is 5.56 Å². The van der Waals surface area contributed by atoms with Crippen molar-refractivity contribution in [3.05, 3.63) is 29.8 Å². The van der Waals surface area contributed by atoms with Crippen molar-refractivity contribution in [2.24, 2.45) is 5.84 Å². The van der Waals surface area contributed by atoms with E-state index < -0.39 is 0 Å². The number of amides is 1. The summed E-state index contributed by atoms with van der Waals surface area (Å²) < 4.78 is 0. The molecule has 0 aliphatic heterocycles. The fourth-order valence-electron chi connectivity index (χ4n) is 0.896. The fraction of sp³-hybridized carbons (Fsp3) is 0.111. The number of nitrogens with zero attached hydrogens (tertiary/aromatic N) is 1. The van der Waals surface area contributed by atoms with Crippen LogP contribution in [0.3, 0.4) is 0 Å². The molecular formula is C9H10N4O. The number of anilines is 1. The molecule has 1 aromatic rings. The van der Waals surface area contributed by atoms with E-state index in [1.807, 2.05) is 11.5 Å². The van der Waals surface area contributed by atoms with E-state index in [1.54, 1.807) is 24.3 Å². The summed E-state index contributed by atoms with van der Waals surface area (Å²) in [5, 5.41) is 11.4. The SMILES string of the molecule is N#Cc1ccc(NCC(=O)NN)cc1. The van der Waals surface area contributed by atoms with Crippen molar-refractivity contribution in [2.75, 3.05) is 11.9 Å². The predicted molar refractivity (Wildman–Crippen MR) is 52.0 cm³/mol. The standard InChI is InChI=1S/C9H10N4O/c10-5-7-1-3-8(4-2-7)12-6-9(14)13-11/h1-4,12H,6,11H2,(H,13,14). The minimum Gasteiger partial charge on any atom is -0.376 e. The van der Waals surface area contributed by atoms with Gasteiger partial charge < -0.3 is 5.32 Å². The average Bonchev–Trinajstić information content (AvgIpc) is 2.26. The number of hydrogen-bond donors (Lipinski definition) is 3. The van der Waals surface area contributed by atoms with Gasteiger partial charge in [-0.2, -0.15) is 5.26 Å².